The minimum atomic E-state index is 0.617. The molecule has 0 aliphatic carbocycles. The average Bonchev–Trinajstić information content (AvgIpc) is 2.84. The number of benzene rings is 1. The van der Waals surface area contributed by atoms with Crippen LogP contribution in [0.3, 0.4) is 0 Å². The van der Waals surface area contributed by atoms with Crippen molar-refractivity contribution in [2.24, 2.45) is 5.92 Å². The molecule has 1 aliphatic rings. The molecule has 1 aromatic carbocycles. The van der Waals surface area contributed by atoms with Gasteiger partial charge in [0.15, 0.2) is 0 Å². The topological polar surface area (TPSA) is 21.9 Å². The molecule has 0 bridgehead atoms. The molecule has 0 spiro atoms. The first-order chi connectivity index (χ1) is 5.79. The molecule has 2 atom stereocenters. The van der Waals surface area contributed by atoms with E-state index in [9.17, 15) is 0 Å². The van der Waals surface area contributed by atoms with Crippen molar-refractivity contribution in [1.29, 1.82) is 0 Å². The minimum Gasteiger partial charge on any atom is -0.304 e. The van der Waals surface area contributed by atoms with Gasteiger partial charge in [-0.2, -0.15) is 0 Å². The molecule has 0 amide bonds. The smallest absolute Gasteiger partial charge is 0.0481 e. The maximum Gasteiger partial charge on any atom is 0.0481 e. The Kier molecular flexibility index (Phi) is 1.89. The fourth-order valence-corrected chi connectivity index (χ4v) is 1.69. The van der Waals surface area contributed by atoms with Gasteiger partial charge in [-0.3, -0.25) is 0 Å². The zero-order valence-corrected chi connectivity index (χ0v) is 7.62. The normalized spacial score (nSPS) is 27.6. The van der Waals surface area contributed by atoms with E-state index in [1.165, 1.54) is 5.56 Å². The number of hydrogen-bond donors (Lipinski definition) is 1. The Hall–Kier alpha value is -0.820. The summed E-state index contributed by atoms with van der Waals surface area (Å²) in [5.41, 5.74) is 1.43. The van der Waals surface area contributed by atoms with Crippen molar-refractivity contribution in [2.45, 2.75) is 25.9 Å². The SMILES string of the molecule is CC(C)[C@H]1N[C@@H]1c1ccccc1. The molecule has 1 heterocycles. The molecule has 1 saturated heterocycles. The van der Waals surface area contributed by atoms with Crippen LogP contribution in [0.2, 0.25) is 0 Å². The van der Waals surface area contributed by atoms with E-state index in [4.69, 9.17) is 0 Å². The first-order valence-corrected chi connectivity index (χ1v) is 4.60. The summed E-state index contributed by atoms with van der Waals surface area (Å²) >= 11 is 0. The lowest BCUT2D eigenvalue weighted by molar-refractivity contribution is 0.619. The predicted octanol–water partition coefficient (Wildman–Crippen LogP) is 2.36. The summed E-state index contributed by atoms with van der Waals surface area (Å²) < 4.78 is 0. The number of nitrogens with one attached hydrogen (secondary N) is 1. The van der Waals surface area contributed by atoms with Crippen LogP contribution in [-0.2, 0) is 0 Å². The monoisotopic (exact) mass is 161 g/mol. The minimum absolute atomic E-state index is 0.617. The standard InChI is InChI=1S/C11H15N/c1-8(2)10-11(12-10)9-6-4-3-5-7-9/h3-8,10-12H,1-2H3/t10-,11-/m1/s1. The van der Waals surface area contributed by atoms with Gasteiger partial charge in [0.1, 0.15) is 0 Å². The van der Waals surface area contributed by atoms with Crippen molar-refractivity contribution in [3.8, 4) is 0 Å². The van der Waals surface area contributed by atoms with Gasteiger partial charge in [-0.15, -0.1) is 0 Å². The Morgan fingerprint density at radius 2 is 1.83 bits per heavy atom. The molecule has 64 valence electrons. The van der Waals surface area contributed by atoms with Crippen molar-refractivity contribution < 1.29 is 0 Å². The highest BCUT2D eigenvalue weighted by Gasteiger charge is 2.38. The van der Waals surface area contributed by atoms with E-state index in [1.807, 2.05) is 0 Å². The van der Waals surface area contributed by atoms with Crippen LogP contribution in [0, 0.1) is 5.92 Å². The van der Waals surface area contributed by atoms with Gasteiger partial charge in [0.05, 0.1) is 0 Å². The molecule has 1 aliphatic heterocycles. The van der Waals surface area contributed by atoms with Gasteiger partial charge < -0.3 is 5.32 Å². The lowest BCUT2D eigenvalue weighted by Crippen LogP contribution is -2.00. The fourth-order valence-electron chi connectivity index (χ4n) is 1.69. The van der Waals surface area contributed by atoms with Crippen LogP contribution >= 0.6 is 0 Å². The molecule has 0 saturated carbocycles. The first kappa shape index (κ1) is 7.81. The Balaban J connectivity index is 2.06. The van der Waals surface area contributed by atoms with E-state index in [0.717, 1.165) is 5.92 Å². The molecule has 1 nitrogen and oxygen atoms in total. The quantitative estimate of drug-likeness (QED) is 0.661. The molecule has 1 aromatic rings. The maximum atomic E-state index is 3.48. The summed E-state index contributed by atoms with van der Waals surface area (Å²) in [5, 5.41) is 3.48. The first-order valence-electron chi connectivity index (χ1n) is 4.60. The van der Waals surface area contributed by atoms with Crippen molar-refractivity contribution in [1.82, 2.24) is 5.32 Å². The van der Waals surface area contributed by atoms with Gasteiger partial charge in [-0.1, -0.05) is 44.2 Å². The molecule has 1 heteroatoms. The molecule has 1 fully saturated rings. The van der Waals surface area contributed by atoms with Crippen molar-refractivity contribution in [3.05, 3.63) is 35.9 Å². The highest BCUT2D eigenvalue weighted by Crippen LogP contribution is 2.33. The Bertz CT molecular complexity index is 253. The molecular weight excluding hydrogens is 146 g/mol. The molecule has 1 N–H and O–H groups in total. The van der Waals surface area contributed by atoms with E-state index in [1.54, 1.807) is 0 Å². The fraction of sp³-hybridized carbons (Fsp3) is 0.455. The van der Waals surface area contributed by atoms with E-state index >= 15 is 0 Å². The summed E-state index contributed by atoms with van der Waals surface area (Å²) in [6.07, 6.45) is 0. The largest absolute Gasteiger partial charge is 0.304 e. The third-order valence-electron chi connectivity index (χ3n) is 2.50. The van der Waals surface area contributed by atoms with Gasteiger partial charge in [-0.25, -0.2) is 0 Å². The van der Waals surface area contributed by atoms with E-state index < -0.39 is 0 Å². The van der Waals surface area contributed by atoms with Crippen LogP contribution in [0.4, 0.5) is 0 Å². The van der Waals surface area contributed by atoms with E-state index in [-0.39, 0.29) is 0 Å². The molecule has 0 unspecified atom stereocenters. The summed E-state index contributed by atoms with van der Waals surface area (Å²) in [6, 6.07) is 12.0. The van der Waals surface area contributed by atoms with Crippen molar-refractivity contribution in [3.63, 3.8) is 0 Å². The van der Waals surface area contributed by atoms with Gasteiger partial charge >= 0.3 is 0 Å². The molecule has 2 rings (SSSR count). The Morgan fingerprint density at radius 3 is 2.33 bits per heavy atom. The van der Waals surface area contributed by atoms with Crippen LogP contribution in [0.25, 0.3) is 0 Å². The van der Waals surface area contributed by atoms with Crippen LogP contribution < -0.4 is 5.32 Å². The zero-order chi connectivity index (χ0) is 8.55. The van der Waals surface area contributed by atoms with E-state index in [2.05, 4.69) is 49.5 Å². The molecule has 12 heavy (non-hydrogen) atoms. The molecule has 0 radical (unpaired) electrons. The Morgan fingerprint density at radius 1 is 1.17 bits per heavy atom. The molecule has 0 aromatic heterocycles. The summed E-state index contributed by atoms with van der Waals surface area (Å²) in [7, 11) is 0. The Labute approximate surface area is 73.8 Å². The second kappa shape index (κ2) is 2.91. The summed E-state index contributed by atoms with van der Waals surface area (Å²) in [6.45, 7) is 4.53. The predicted molar refractivity (Wildman–Crippen MR) is 50.9 cm³/mol. The van der Waals surface area contributed by atoms with Gasteiger partial charge in [0.2, 0.25) is 0 Å². The third kappa shape index (κ3) is 1.37. The van der Waals surface area contributed by atoms with Crippen LogP contribution in [0.1, 0.15) is 25.5 Å². The van der Waals surface area contributed by atoms with Gasteiger partial charge in [0, 0.05) is 12.1 Å². The lowest BCUT2D eigenvalue weighted by Gasteiger charge is -1.99. The second-order valence-electron chi connectivity index (χ2n) is 3.82. The highest BCUT2D eigenvalue weighted by molar-refractivity contribution is 5.26. The van der Waals surface area contributed by atoms with Gasteiger partial charge in [0.25, 0.3) is 0 Å². The van der Waals surface area contributed by atoms with Crippen LogP contribution in [0.15, 0.2) is 30.3 Å². The van der Waals surface area contributed by atoms with Crippen molar-refractivity contribution >= 4 is 0 Å². The van der Waals surface area contributed by atoms with Crippen molar-refractivity contribution in [2.75, 3.05) is 0 Å². The summed E-state index contributed by atoms with van der Waals surface area (Å²) in [5.74, 6) is 0.746. The summed E-state index contributed by atoms with van der Waals surface area (Å²) in [4.78, 5) is 0. The highest BCUT2D eigenvalue weighted by atomic mass is 15.2. The number of rotatable bonds is 2. The number of hydrogen-bond acceptors (Lipinski definition) is 1. The zero-order valence-electron chi connectivity index (χ0n) is 7.62. The van der Waals surface area contributed by atoms with Crippen LogP contribution in [-0.4, -0.2) is 6.04 Å². The van der Waals surface area contributed by atoms with E-state index in [0.29, 0.717) is 12.1 Å². The average molecular weight is 161 g/mol. The lowest BCUT2D eigenvalue weighted by atomic mass is 10.0. The maximum absolute atomic E-state index is 3.48. The molecular formula is C11H15N. The van der Waals surface area contributed by atoms with Gasteiger partial charge in [-0.05, 0) is 11.5 Å². The second-order valence-corrected chi connectivity index (χ2v) is 3.82. The third-order valence-corrected chi connectivity index (χ3v) is 2.50. The van der Waals surface area contributed by atoms with Crippen LogP contribution in [0.5, 0.6) is 0 Å².